The second-order valence-corrected chi connectivity index (χ2v) is 3.64. The molecular weight excluding hydrogens is 214 g/mol. The number of rotatable bonds is 6. The number of hydrogen-bond acceptors (Lipinski definition) is 2. The van der Waals surface area contributed by atoms with Gasteiger partial charge in [-0.15, -0.1) is 0 Å². The third kappa shape index (κ3) is 4.87. The van der Waals surface area contributed by atoms with Crippen LogP contribution in [0.3, 0.4) is 0 Å². The van der Waals surface area contributed by atoms with Crippen molar-refractivity contribution in [2.24, 2.45) is 10.7 Å². The van der Waals surface area contributed by atoms with E-state index in [9.17, 15) is 0 Å². The molecule has 0 bridgehead atoms. The summed E-state index contributed by atoms with van der Waals surface area (Å²) in [5.41, 5.74) is 8.01. The van der Waals surface area contributed by atoms with E-state index in [0.717, 1.165) is 18.7 Å². The lowest BCUT2D eigenvalue weighted by atomic mass is 10.1. The van der Waals surface area contributed by atoms with Gasteiger partial charge in [0.15, 0.2) is 5.96 Å². The number of aliphatic imine (C=N–C) groups is 1. The minimum atomic E-state index is 0.485. The molecule has 0 amide bonds. The molecule has 1 aromatic carbocycles. The van der Waals surface area contributed by atoms with Crippen molar-refractivity contribution < 1.29 is 4.74 Å². The van der Waals surface area contributed by atoms with Crippen LogP contribution >= 0.6 is 0 Å². The Bertz CT molecular complexity index is 363. The van der Waals surface area contributed by atoms with E-state index in [1.165, 1.54) is 5.56 Å². The lowest BCUT2D eigenvalue weighted by Gasteiger charge is -2.08. The third-order valence-corrected chi connectivity index (χ3v) is 2.36. The maximum atomic E-state index is 5.69. The molecule has 0 aliphatic rings. The molecule has 3 N–H and O–H groups in total. The standard InChI is InChI=1S/C13H21N3O/c1-3-15-13(14)16-9-11-7-5-6-8-12(11)10-17-4-2/h5-8H,3-4,9-10H2,1-2H3,(H3,14,15,16). The summed E-state index contributed by atoms with van der Waals surface area (Å²) in [5.74, 6) is 0.485. The smallest absolute Gasteiger partial charge is 0.188 e. The summed E-state index contributed by atoms with van der Waals surface area (Å²) in [6.45, 7) is 6.70. The first kappa shape index (κ1) is 13.5. The van der Waals surface area contributed by atoms with Crippen LogP contribution in [0.2, 0.25) is 0 Å². The van der Waals surface area contributed by atoms with E-state index >= 15 is 0 Å². The summed E-state index contributed by atoms with van der Waals surface area (Å²) in [7, 11) is 0. The van der Waals surface area contributed by atoms with Gasteiger partial charge in [0, 0.05) is 13.2 Å². The van der Waals surface area contributed by atoms with Crippen molar-refractivity contribution in [3.8, 4) is 0 Å². The fourth-order valence-corrected chi connectivity index (χ4v) is 1.47. The van der Waals surface area contributed by atoms with Gasteiger partial charge in [0.1, 0.15) is 0 Å². The summed E-state index contributed by atoms with van der Waals surface area (Å²) in [6, 6.07) is 8.12. The zero-order valence-electron chi connectivity index (χ0n) is 10.6. The van der Waals surface area contributed by atoms with Crippen LogP contribution in [0, 0.1) is 0 Å². The van der Waals surface area contributed by atoms with Crippen molar-refractivity contribution >= 4 is 5.96 Å². The minimum absolute atomic E-state index is 0.485. The fraction of sp³-hybridized carbons (Fsp3) is 0.462. The average Bonchev–Trinajstić information content (AvgIpc) is 2.35. The second kappa shape index (κ2) is 7.68. The Morgan fingerprint density at radius 2 is 2.00 bits per heavy atom. The molecule has 4 nitrogen and oxygen atoms in total. The predicted octanol–water partition coefficient (Wildman–Crippen LogP) is 1.65. The van der Waals surface area contributed by atoms with E-state index < -0.39 is 0 Å². The van der Waals surface area contributed by atoms with Gasteiger partial charge in [0.05, 0.1) is 13.2 Å². The lowest BCUT2D eigenvalue weighted by Crippen LogP contribution is -2.31. The molecule has 4 heteroatoms. The number of nitrogens with zero attached hydrogens (tertiary/aromatic N) is 1. The van der Waals surface area contributed by atoms with E-state index in [1.54, 1.807) is 0 Å². The molecular formula is C13H21N3O. The van der Waals surface area contributed by atoms with Crippen LogP contribution in [-0.2, 0) is 17.9 Å². The van der Waals surface area contributed by atoms with Crippen LogP contribution in [0.1, 0.15) is 25.0 Å². The molecule has 0 aromatic heterocycles. The summed E-state index contributed by atoms with van der Waals surface area (Å²) in [5, 5.41) is 2.97. The highest BCUT2D eigenvalue weighted by Gasteiger charge is 2.01. The van der Waals surface area contributed by atoms with E-state index in [4.69, 9.17) is 10.5 Å². The quantitative estimate of drug-likeness (QED) is 0.582. The molecule has 0 unspecified atom stereocenters. The molecule has 0 aliphatic carbocycles. The molecule has 0 heterocycles. The highest BCUT2D eigenvalue weighted by Crippen LogP contribution is 2.11. The Morgan fingerprint density at radius 3 is 2.65 bits per heavy atom. The lowest BCUT2D eigenvalue weighted by molar-refractivity contribution is 0.133. The van der Waals surface area contributed by atoms with E-state index in [2.05, 4.69) is 22.4 Å². The zero-order valence-corrected chi connectivity index (χ0v) is 10.6. The first-order chi connectivity index (χ1) is 8.27. The van der Waals surface area contributed by atoms with Crippen LogP contribution < -0.4 is 11.1 Å². The van der Waals surface area contributed by atoms with Crippen LogP contribution in [0.4, 0.5) is 0 Å². The van der Waals surface area contributed by atoms with Crippen molar-refractivity contribution in [3.05, 3.63) is 35.4 Å². The Labute approximate surface area is 103 Å². The Kier molecular flexibility index (Phi) is 6.10. The summed E-state index contributed by atoms with van der Waals surface area (Å²) in [6.07, 6.45) is 0. The highest BCUT2D eigenvalue weighted by molar-refractivity contribution is 5.77. The van der Waals surface area contributed by atoms with E-state index in [0.29, 0.717) is 19.1 Å². The SMILES string of the molecule is CCNC(N)=NCc1ccccc1COCC. The zero-order chi connectivity index (χ0) is 12.5. The van der Waals surface area contributed by atoms with Crippen LogP contribution in [0.25, 0.3) is 0 Å². The average molecular weight is 235 g/mol. The van der Waals surface area contributed by atoms with Gasteiger partial charge in [0.25, 0.3) is 0 Å². The van der Waals surface area contributed by atoms with Crippen molar-refractivity contribution in [1.29, 1.82) is 0 Å². The topological polar surface area (TPSA) is 59.6 Å². The molecule has 1 aromatic rings. The predicted molar refractivity (Wildman–Crippen MR) is 70.8 cm³/mol. The van der Waals surface area contributed by atoms with Gasteiger partial charge in [-0.25, -0.2) is 4.99 Å². The third-order valence-electron chi connectivity index (χ3n) is 2.36. The van der Waals surface area contributed by atoms with Gasteiger partial charge >= 0.3 is 0 Å². The number of hydrogen-bond donors (Lipinski definition) is 2. The van der Waals surface area contributed by atoms with Crippen molar-refractivity contribution in [2.45, 2.75) is 27.0 Å². The molecule has 1 rings (SSSR count). The maximum absolute atomic E-state index is 5.69. The molecule has 0 fully saturated rings. The Morgan fingerprint density at radius 1 is 1.29 bits per heavy atom. The second-order valence-electron chi connectivity index (χ2n) is 3.64. The van der Waals surface area contributed by atoms with Gasteiger partial charge in [-0.3, -0.25) is 0 Å². The molecule has 0 radical (unpaired) electrons. The molecule has 94 valence electrons. The van der Waals surface area contributed by atoms with Crippen LogP contribution in [0.5, 0.6) is 0 Å². The molecule has 0 saturated heterocycles. The summed E-state index contributed by atoms with van der Waals surface area (Å²) >= 11 is 0. The van der Waals surface area contributed by atoms with Gasteiger partial charge in [-0.2, -0.15) is 0 Å². The number of nitrogens with two attached hydrogens (primary N) is 1. The Balaban J connectivity index is 2.66. The van der Waals surface area contributed by atoms with Crippen LogP contribution in [0.15, 0.2) is 29.3 Å². The van der Waals surface area contributed by atoms with Gasteiger partial charge in [0.2, 0.25) is 0 Å². The number of guanidine groups is 1. The first-order valence-corrected chi connectivity index (χ1v) is 5.96. The molecule has 0 atom stereocenters. The van der Waals surface area contributed by atoms with Gasteiger partial charge in [-0.1, -0.05) is 24.3 Å². The van der Waals surface area contributed by atoms with Crippen LogP contribution in [-0.4, -0.2) is 19.1 Å². The van der Waals surface area contributed by atoms with E-state index in [-0.39, 0.29) is 0 Å². The maximum Gasteiger partial charge on any atom is 0.188 e. The van der Waals surface area contributed by atoms with Crippen molar-refractivity contribution in [2.75, 3.05) is 13.2 Å². The van der Waals surface area contributed by atoms with Gasteiger partial charge < -0.3 is 15.8 Å². The molecule has 0 aliphatic heterocycles. The summed E-state index contributed by atoms with van der Waals surface area (Å²) in [4.78, 5) is 4.28. The van der Waals surface area contributed by atoms with Crippen molar-refractivity contribution in [1.82, 2.24) is 5.32 Å². The monoisotopic (exact) mass is 235 g/mol. The highest BCUT2D eigenvalue weighted by atomic mass is 16.5. The Hall–Kier alpha value is -1.55. The van der Waals surface area contributed by atoms with E-state index in [1.807, 2.05) is 26.0 Å². The van der Waals surface area contributed by atoms with Crippen molar-refractivity contribution in [3.63, 3.8) is 0 Å². The fourth-order valence-electron chi connectivity index (χ4n) is 1.47. The molecule has 0 saturated carbocycles. The minimum Gasteiger partial charge on any atom is -0.377 e. The largest absolute Gasteiger partial charge is 0.377 e. The number of benzene rings is 1. The number of ether oxygens (including phenoxy) is 1. The molecule has 0 spiro atoms. The normalized spacial score (nSPS) is 11.5. The number of nitrogens with one attached hydrogen (secondary N) is 1. The molecule has 17 heavy (non-hydrogen) atoms. The first-order valence-electron chi connectivity index (χ1n) is 5.96. The van der Waals surface area contributed by atoms with Gasteiger partial charge in [-0.05, 0) is 25.0 Å². The summed E-state index contributed by atoms with van der Waals surface area (Å²) < 4.78 is 5.42.